The summed E-state index contributed by atoms with van der Waals surface area (Å²) >= 11 is 0. The quantitative estimate of drug-likeness (QED) is 0.412. The summed E-state index contributed by atoms with van der Waals surface area (Å²) in [5, 5.41) is 19.4. The minimum absolute atomic E-state index is 0.00687. The summed E-state index contributed by atoms with van der Waals surface area (Å²) in [5.41, 5.74) is 0.379. The number of hydrogen-bond donors (Lipinski definition) is 4. The molecule has 1 aliphatic rings. The van der Waals surface area contributed by atoms with Crippen molar-refractivity contribution in [2.24, 2.45) is 13.0 Å². The fourth-order valence-corrected chi connectivity index (χ4v) is 3.81. The van der Waals surface area contributed by atoms with Gasteiger partial charge in [0.25, 0.3) is 17.0 Å². The number of aryl methyl sites for hydroxylation is 1. The fraction of sp³-hybridized carbons (Fsp3) is 0.292. The van der Waals surface area contributed by atoms with Crippen LogP contribution in [0.25, 0.3) is 0 Å². The van der Waals surface area contributed by atoms with Crippen molar-refractivity contribution >= 4 is 23.0 Å². The highest BCUT2D eigenvalue weighted by Crippen LogP contribution is 2.43. The second kappa shape index (κ2) is 8.85. The highest BCUT2D eigenvalue weighted by Gasteiger charge is 2.33. The lowest BCUT2D eigenvalue weighted by Crippen LogP contribution is -2.33. The van der Waals surface area contributed by atoms with Crippen LogP contribution in [0.1, 0.15) is 34.8 Å². The van der Waals surface area contributed by atoms with E-state index in [0.717, 1.165) is 23.1 Å². The lowest BCUT2D eigenvalue weighted by atomic mass is 10.0. The molecule has 9 heteroatoms. The first-order chi connectivity index (χ1) is 15.8. The molecule has 1 atom stereocenters. The summed E-state index contributed by atoms with van der Waals surface area (Å²) in [7, 11) is 4.61. The third kappa shape index (κ3) is 4.48. The topological polar surface area (TPSA) is 119 Å². The SMILES string of the molecule is CN(C)C(=O)c1cccc(Nc2c(NC(c3ccccc3)C3CC3)c(=O)[nH]n(C)c2=O)c1O. The number of aromatic hydroxyl groups is 1. The molecule has 172 valence electrons. The van der Waals surface area contributed by atoms with Gasteiger partial charge in [-0.25, -0.2) is 0 Å². The fourth-order valence-electron chi connectivity index (χ4n) is 3.81. The third-order valence-electron chi connectivity index (χ3n) is 5.75. The van der Waals surface area contributed by atoms with E-state index in [9.17, 15) is 19.5 Å². The smallest absolute Gasteiger partial charge is 0.290 e. The number of para-hydroxylation sites is 1. The molecule has 1 aromatic heterocycles. The standard InChI is InChI=1S/C24H27N5O4/c1-28(2)23(32)16-10-7-11-17(21(16)30)25-20-19(22(31)27-29(3)24(20)33)26-18(15-12-13-15)14-8-5-4-6-9-14/h4-11,15,18,25-26,30H,12-13H2,1-3H3,(H,27,31). The van der Waals surface area contributed by atoms with Crippen molar-refractivity contribution in [3.05, 3.63) is 80.4 Å². The van der Waals surface area contributed by atoms with Gasteiger partial charge in [0.1, 0.15) is 11.4 Å². The Hall–Kier alpha value is -4.01. The first-order valence-corrected chi connectivity index (χ1v) is 10.7. The van der Waals surface area contributed by atoms with E-state index in [1.165, 1.54) is 18.0 Å². The van der Waals surface area contributed by atoms with Crippen LogP contribution in [0.15, 0.2) is 58.1 Å². The number of anilines is 3. The molecule has 3 aromatic rings. The molecule has 9 nitrogen and oxygen atoms in total. The molecule has 1 aliphatic carbocycles. The first kappa shape index (κ1) is 22.2. The van der Waals surface area contributed by atoms with Crippen LogP contribution in [-0.2, 0) is 7.05 Å². The van der Waals surface area contributed by atoms with Crippen LogP contribution in [0.4, 0.5) is 17.1 Å². The summed E-state index contributed by atoms with van der Waals surface area (Å²) in [6.45, 7) is 0. The van der Waals surface area contributed by atoms with Crippen molar-refractivity contribution in [2.45, 2.75) is 18.9 Å². The van der Waals surface area contributed by atoms with Gasteiger partial charge >= 0.3 is 0 Å². The molecule has 0 aliphatic heterocycles. The summed E-state index contributed by atoms with van der Waals surface area (Å²) < 4.78 is 1.08. The Morgan fingerprint density at radius 1 is 1.09 bits per heavy atom. The van der Waals surface area contributed by atoms with Gasteiger partial charge < -0.3 is 20.6 Å². The molecular weight excluding hydrogens is 422 g/mol. The molecule has 0 spiro atoms. The molecule has 0 saturated heterocycles. The van der Waals surface area contributed by atoms with E-state index in [0.29, 0.717) is 5.92 Å². The van der Waals surface area contributed by atoms with Crippen LogP contribution >= 0.6 is 0 Å². The number of carbonyl (C=O) groups excluding carboxylic acids is 1. The third-order valence-corrected chi connectivity index (χ3v) is 5.75. The molecular formula is C24H27N5O4. The lowest BCUT2D eigenvalue weighted by molar-refractivity contribution is 0.0824. The van der Waals surface area contributed by atoms with Crippen LogP contribution in [0, 0.1) is 5.92 Å². The number of nitrogens with one attached hydrogen (secondary N) is 3. The number of aromatic nitrogens is 2. The number of phenols is 1. The zero-order valence-electron chi connectivity index (χ0n) is 18.8. The number of amides is 1. The van der Waals surface area contributed by atoms with Crippen molar-refractivity contribution < 1.29 is 9.90 Å². The zero-order chi connectivity index (χ0) is 23.7. The summed E-state index contributed by atoms with van der Waals surface area (Å²) in [6, 6.07) is 14.3. The summed E-state index contributed by atoms with van der Waals surface area (Å²) in [6.07, 6.45) is 2.04. The van der Waals surface area contributed by atoms with Crippen LogP contribution in [-0.4, -0.2) is 39.8 Å². The van der Waals surface area contributed by atoms with E-state index in [4.69, 9.17) is 0 Å². The van der Waals surface area contributed by atoms with E-state index in [-0.39, 0.29) is 40.3 Å². The number of hydrogen-bond acceptors (Lipinski definition) is 6. The maximum absolute atomic E-state index is 13.0. The Morgan fingerprint density at radius 2 is 1.79 bits per heavy atom. The molecule has 1 heterocycles. The van der Waals surface area contributed by atoms with Gasteiger partial charge in [0, 0.05) is 21.1 Å². The van der Waals surface area contributed by atoms with Gasteiger partial charge in [0.05, 0.1) is 17.3 Å². The summed E-state index contributed by atoms with van der Waals surface area (Å²) in [4.78, 5) is 39.7. The maximum Gasteiger partial charge on any atom is 0.290 e. The van der Waals surface area contributed by atoms with Gasteiger partial charge in [-0.1, -0.05) is 36.4 Å². The monoisotopic (exact) mass is 449 g/mol. The van der Waals surface area contributed by atoms with Crippen LogP contribution < -0.4 is 21.8 Å². The number of rotatable bonds is 7. The van der Waals surface area contributed by atoms with Crippen LogP contribution in [0.2, 0.25) is 0 Å². The largest absolute Gasteiger partial charge is 0.505 e. The number of nitrogens with zero attached hydrogens (tertiary/aromatic N) is 2. The average Bonchev–Trinajstić information content (AvgIpc) is 3.63. The van der Waals surface area contributed by atoms with E-state index >= 15 is 0 Å². The Balaban J connectivity index is 1.77. The Bertz CT molecular complexity index is 1290. The molecule has 4 rings (SSSR count). The molecule has 0 radical (unpaired) electrons. The van der Waals surface area contributed by atoms with Crippen molar-refractivity contribution in [1.82, 2.24) is 14.7 Å². The lowest BCUT2D eigenvalue weighted by Gasteiger charge is -2.22. The molecule has 1 fully saturated rings. The van der Waals surface area contributed by atoms with Crippen molar-refractivity contribution in [3.8, 4) is 5.75 Å². The van der Waals surface area contributed by atoms with Gasteiger partial charge in [-0.2, -0.15) is 0 Å². The van der Waals surface area contributed by atoms with Gasteiger partial charge in [-0.3, -0.25) is 24.2 Å². The number of phenolic OH excluding ortho intramolecular Hbond substituents is 1. The van der Waals surface area contributed by atoms with E-state index < -0.39 is 11.1 Å². The molecule has 1 amide bonds. The highest BCUT2D eigenvalue weighted by molar-refractivity contribution is 5.98. The molecule has 1 unspecified atom stereocenters. The zero-order valence-corrected chi connectivity index (χ0v) is 18.8. The molecule has 4 N–H and O–H groups in total. The first-order valence-electron chi connectivity index (χ1n) is 10.7. The molecule has 0 bridgehead atoms. The Morgan fingerprint density at radius 3 is 2.42 bits per heavy atom. The number of aromatic amines is 1. The summed E-state index contributed by atoms with van der Waals surface area (Å²) in [5.74, 6) is -0.337. The number of H-pyrrole nitrogens is 1. The van der Waals surface area contributed by atoms with E-state index in [1.807, 2.05) is 30.3 Å². The number of benzene rings is 2. The second-order valence-corrected chi connectivity index (χ2v) is 8.45. The van der Waals surface area contributed by atoms with Crippen molar-refractivity contribution in [3.63, 3.8) is 0 Å². The van der Waals surface area contributed by atoms with Gasteiger partial charge in [-0.05, 0) is 36.5 Å². The van der Waals surface area contributed by atoms with E-state index in [2.05, 4.69) is 15.7 Å². The predicted molar refractivity (Wildman–Crippen MR) is 127 cm³/mol. The van der Waals surface area contributed by atoms with Crippen LogP contribution in [0.5, 0.6) is 5.75 Å². The van der Waals surface area contributed by atoms with Crippen LogP contribution in [0.3, 0.4) is 0 Å². The molecule has 33 heavy (non-hydrogen) atoms. The Labute approximate surface area is 190 Å². The minimum Gasteiger partial charge on any atom is -0.505 e. The second-order valence-electron chi connectivity index (χ2n) is 8.45. The van der Waals surface area contributed by atoms with Gasteiger partial charge in [0.2, 0.25) is 0 Å². The van der Waals surface area contributed by atoms with Crippen molar-refractivity contribution in [2.75, 3.05) is 24.7 Å². The molecule has 1 saturated carbocycles. The van der Waals surface area contributed by atoms with Crippen molar-refractivity contribution in [1.29, 1.82) is 0 Å². The molecule has 2 aromatic carbocycles. The van der Waals surface area contributed by atoms with Gasteiger partial charge in [-0.15, -0.1) is 0 Å². The Kier molecular flexibility index (Phi) is 5.95. The minimum atomic E-state index is -0.483. The average molecular weight is 450 g/mol. The normalized spacial score (nSPS) is 13.9. The highest BCUT2D eigenvalue weighted by atomic mass is 16.3. The predicted octanol–water partition coefficient (Wildman–Crippen LogP) is 2.79. The van der Waals surface area contributed by atoms with E-state index in [1.54, 1.807) is 26.2 Å². The van der Waals surface area contributed by atoms with Gasteiger partial charge in [0.15, 0.2) is 5.75 Å². The number of carbonyl (C=O) groups is 1. The maximum atomic E-state index is 13.0.